The molecule has 0 spiro atoms. The molecular formula is C8H12N2OS2. The highest BCUT2D eigenvalue weighted by atomic mass is 32.2. The van der Waals surface area contributed by atoms with E-state index in [9.17, 15) is 4.79 Å². The Bertz CT molecular complexity index is 346. The molecule has 1 aliphatic rings. The van der Waals surface area contributed by atoms with Crippen LogP contribution in [-0.2, 0) is 4.79 Å². The topological polar surface area (TPSA) is 42.0 Å². The molecule has 0 saturated heterocycles. The number of anilines is 1. The summed E-state index contributed by atoms with van der Waals surface area (Å²) in [5, 5.41) is 2.73. The Kier molecular flexibility index (Phi) is 3.22. The average molecular weight is 216 g/mol. The largest absolute Gasteiger partial charge is 0.309 e. The Hall–Kier alpha value is -0.680. The van der Waals surface area contributed by atoms with Gasteiger partial charge in [-0.05, 0) is 19.1 Å². The van der Waals surface area contributed by atoms with Crippen LogP contribution >= 0.6 is 25.3 Å². The van der Waals surface area contributed by atoms with Gasteiger partial charge >= 0.3 is 0 Å². The van der Waals surface area contributed by atoms with E-state index in [0.717, 1.165) is 10.6 Å². The number of pyridine rings is 1. The highest BCUT2D eigenvalue weighted by molar-refractivity contribution is 8.00. The maximum Gasteiger partial charge on any atom is 0.235 e. The lowest BCUT2D eigenvalue weighted by Crippen LogP contribution is -2.19. The summed E-state index contributed by atoms with van der Waals surface area (Å²) in [4.78, 5) is 16.2. The first-order valence-corrected chi connectivity index (χ1v) is 4.64. The molecule has 1 aliphatic heterocycles. The Balaban J connectivity index is 0.000000845. The van der Waals surface area contributed by atoms with Crippen LogP contribution in [0.2, 0.25) is 0 Å². The molecule has 1 N–H and O–H groups in total. The minimum absolute atomic E-state index is 0. The van der Waals surface area contributed by atoms with Gasteiger partial charge in [-0.3, -0.25) is 4.79 Å². The fourth-order valence-electron chi connectivity index (χ4n) is 1.06. The monoisotopic (exact) mass is 216 g/mol. The number of rotatable bonds is 0. The summed E-state index contributed by atoms with van der Waals surface area (Å²) in [5.74, 6) is 1.24. The Labute approximate surface area is 89.3 Å². The van der Waals surface area contributed by atoms with E-state index >= 15 is 0 Å². The molecule has 0 radical (unpaired) electrons. The molecule has 0 saturated carbocycles. The molecule has 3 nitrogen and oxygen atoms in total. The highest BCUT2D eigenvalue weighted by Crippen LogP contribution is 2.29. The number of nitrogens with one attached hydrogen (secondary N) is 1. The van der Waals surface area contributed by atoms with Crippen molar-refractivity contribution < 1.29 is 6.22 Å². The zero-order valence-electron chi connectivity index (χ0n) is 7.13. The van der Waals surface area contributed by atoms with Crippen molar-refractivity contribution in [3.63, 3.8) is 0 Å². The predicted octanol–water partition coefficient (Wildman–Crippen LogP) is 1.79. The molecule has 1 aromatic rings. The molecule has 0 atom stereocenters. The van der Waals surface area contributed by atoms with E-state index in [1.165, 1.54) is 11.8 Å². The van der Waals surface area contributed by atoms with Gasteiger partial charge in [-0.1, -0.05) is 0 Å². The molecule has 13 heavy (non-hydrogen) atoms. The van der Waals surface area contributed by atoms with Crippen LogP contribution in [0.5, 0.6) is 0 Å². The summed E-state index contributed by atoms with van der Waals surface area (Å²) in [6, 6.07) is 3.94. The Morgan fingerprint density at radius 1 is 1.62 bits per heavy atom. The molecule has 1 amide bonds. The van der Waals surface area contributed by atoms with Gasteiger partial charge in [-0.15, -0.1) is 11.8 Å². The molecule has 0 bridgehead atoms. The lowest BCUT2D eigenvalue weighted by atomic mass is 10.3. The second-order valence-corrected chi connectivity index (χ2v) is 3.65. The van der Waals surface area contributed by atoms with Gasteiger partial charge in [0.2, 0.25) is 5.91 Å². The summed E-state index contributed by atoms with van der Waals surface area (Å²) in [7, 11) is 0. The summed E-state index contributed by atoms with van der Waals surface area (Å²) in [6.07, 6.45) is 0. The van der Waals surface area contributed by atoms with Crippen LogP contribution in [0.15, 0.2) is 17.0 Å². The van der Waals surface area contributed by atoms with Gasteiger partial charge in [0.1, 0.15) is 5.82 Å². The first-order valence-electron chi connectivity index (χ1n) is 3.66. The van der Waals surface area contributed by atoms with Crippen LogP contribution in [0.1, 0.15) is 7.12 Å². The molecule has 1 aromatic heterocycles. The minimum atomic E-state index is 0. The van der Waals surface area contributed by atoms with Crippen molar-refractivity contribution in [2.45, 2.75) is 11.8 Å². The molecule has 72 valence electrons. The number of carbonyl (C=O) groups excluding carboxylic acids is 1. The van der Waals surface area contributed by atoms with Crippen molar-refractivity contribution in [1.29, 1.82) is 0 Å². The fourth-order valence-corrected chi connectivity index (χ4v) is 1.82. The summed E-state index contributed by atoms with van der Waals surface area (Å²) >= 11 is 1.53. The number of hydrogen-bond acceptors (Lipinski definition) is 3. The maximum atomic E-state index is 11.0. The normalized spacial score (nSPS) is 14.1. The average Bonchev–Trinajstić information content (AvgIpc) is 2.03. The molecule has 0 unspecified atom stereocenters. The lowest BCUT2D eigenvalue weighted by molar-refractivity contribution is -0.113. The van der Waals surface area contributed by atoms with Crippen LogP contribution in [0.3, 0.4) is 0 Å². The van der Waals surface area contributed by atoms with E-state index < -0.39 is 0 Å². The number of hydrogen-bond donors (Lipinski definition) is 1. The molecule has 0 aromatic carbocycles. The van der Waals surface area contributed by atoms with E-state index in [1.807, 2.05) is 19.1 Å². The Morgan fingerprint density at radius 2 is 2.38 bits per heavy atom. The Morgan fingerprint density at radius 3 is 3.15 bits per heavy atom. The van der Waals surface area contributed by atoms with Crippen molar-refractivity contribution in [2.24, 2.45) is 0 Å². The zero-order chi connectivity index (χ0) is 8.55. The number of aryl methyl sites for hydroxylation is 1. The second-order valence-electron chi connectivity index (χ2n) is 2.64. The van der Waals surface area contributed by atoms with E-state index in [-0.39, 0.29) is 20.8 Å². The third kappa shape index (κ3) is 2.16. The van der Waals surface area contributed by atoms with Gasteiger partial charge in [-0.25, -0.2) is 4.98 Å². The maximum absolute atomic E-state index is 11.0. The standard InChI is InChI=1S/C8H8N2OS.H2S.H2/c1-5-2-3-6-8(9-5)10-7(11)4-12-6;;/h2-3H,4H2,1H3,(H,9,10,11);1H2;1H. The summed E-state index contributed by atoms with van der Waals surface area (Å²) in [5.41, 5.74) is 0.927. The van der Waals surface area contributed by atoms with Gasteiger partial charge in [0.15, 0.2) is 0 Å². The highest BCUT2D eigenvalue weighted by Gasteiger charge is 2.15. The molecule has 0 aliphatic carbocycles. The second kappa shape index (κ2) is 4.02. The lowest BCUT2D eigenvalue weighted by Gasteiger charge is -2.14. The third-order valence-corrected chi connectivity index (χ3v) is 2.66. The third-order valence-electron chi connectivity index (χ3n) is 1.61. The van der Waals surface area contributed by atoms with Gasteiger partial charge in [0.25, 0.3) is 0 Å². The first kappa shape index (κ1) is 10.4. The number of thioether (sulfide) groups is 1. The molecule has 5 heteroatoms. The first-order chi connectivity index (χ1) is 5.75. The van der Waals surface area contributed by atoms with Crippen LogP contribution in [0.25, 0.3) is 0 Å². The zero-order valence-corrected chi connectivity index (χ0v) is 8.94. The fraction of sp³-hybridized carbons (Fsp3) is 0.250. The van der Waals surface area contributed by atoms with E-state index in [1.54, 1.807) is 0 Å². The predicted molar refractivity (Wildman–Crippen MR) is 60.8 cm³/mol. The van der Waals surface area contributed by atoms with Gasteiger partial charge in [-0.2, -0.15) is 13.5 Å². The van der Waals surface area contributed by atoms with Crippen LogP contribution in [0.4, 0.5) is 5.82 Å². The molecular weight excluding hydrogens is 204 g/mol. The van der Waals surface area contributed by atoms with E-state index in [2.05, 4.69) is 10.3 Å². The van der Waals surface area contributed by atoms with Gasteiger partial charge < -0.3 is 5.32 Å². The van der Waals surface area contributed by atoms with E-state index in [4.69, 9.17) is 0 Å². The number of aromatic nitrogens is 1. The number of nitrogens with zero attached hydrogens (tertiary/aromatic N) is 1. The van der Waals surface area contributed by atoms with Crippen molar-refractivity contribution in [3.8, 4) is 0 Å². The van der Waals surface area contributed by atoms with Crippen LogP contribution in [-0.4, -0.2) is 16.6 Å². The summed E-state index contributed by atoms with van der Waals surface area (Å²) in [6.45, 7) is 1.91. The van der Waals surface area contributed by atoms with Crippen molar-refractivity contribution in [3.05, 3.63) is 17.8 Å². The quantitative estimate of drug-likeness (QED) is 0.719. The van der Waals surface area contributed by atoms with Crippen molar-refractivity contribution in [2.75, 3.05) is 11.1 Å². The minimum Gasteiger partial charge on any atom is -0.309 e. The molecule has 2 rings (SSSR count). The van der Waals surface area contributed by atoms with Crippen LogP contribution < -0.4 is 5.32 Å². The molecule has 2 heterocycles. The smallest absolute Gasteiger partial charge is 0.235 e. The van der Waals surface area contributed by atoms with Crippen molar-refractivity contribution in [1.82, 2.24) is 4.98 Å². The van der Waals surface area contributed by atoms with Gasteiger partial charge in [0, 0.05) is 7.12 Å². The number of carbonyl (C=O) groups is 1. The number of fused-ring (bicyclic) bond motifs is 1. The van der Waals surface area contributed by atoms with E-state index in [0.29, 0.717) is 11.6 Å². The van der Waals surface area contributed by atoms with Gasteiger partial charge in [0.05, 0.1) is 10.6 Å². The molecule has 0 fully saturated rings. The van der Waals surface area contributed by atoms with Crippen molar-refractivity contribution >= 4 is 37.0 Å². The SMILES string of the molecule is Cc1ccc2c(n1)NC(=O)CS2.S.[HH]. The van der Waals surface area contributed by atoms with Crippen LogP contribution in [0, 0.1) is 6.92 Å². The number of amides is 1. The summed E-state index contributed by atoms with van der Waals surface area (Å²) < 4.78 is 0.